The fourth-order valence-electron chi connectivity index (χ4n) is 0.418. The van der Waals surface area contributed by atoms with Crippen molar-refractivity contribution in [2.45, 2.75) is 31.2 Å². The molecule has 0 aromatic heterocycles. The number of hydrogen-bond donors (Lipinski definition) is 1. The van der Waals surface area contributed by atoms with E-state index in [0.717, 1.165) is 13.8 Å². The number of rotatable bonds is 3. The van der Waals surface area contributed by atoms with Crippen molar-refractivity contribution >= 4 is 17.5 Å². The summed E-state index contributed by atoms with van der Waals surface area (Å²) in [7, 11) is 0. The highest BCUT2D eigenvalue weighted by Crippen LogP contribution is 2.22. The van der Waals surface area contributed by atoms with Crippen LogP contribution in [0.15, 0.2) is 0 Å². The fraction of sp³-hybridized carbons (Fsp3) is 0.833. The van der Waals surface area contributed by atoms with Gasteiger partial charge in [0.05, 0.1) is 5.54 Å². The standard InChI is InChI=1S/C6H8ClF4NO/c1-5(2,3(8)9)12-4(13)6(7,10)11/h3H,1-2H3,(H,12,13). The average molecular weight is 222 g/mol. The van der Waals surface area contributed by atoms with Gasteiger partial charge in [-0.3, -0.25) is 4.79 Å². The maximum Gasteiger partial charge on any atom is 0.399 e. The molecule has 0 radical (unpaired) electrons. The molecule has 0 aliphatic heterocycles. The molecule has 0 aliphatic rings. The molecule has 0 atom stereocenters. The zero-order chi connectivity index (χ0) is 10.9. The summed E-state index contributed by atoms with van der Waals surface area (Å²) in [5, 5.41) is -2.74. The summed E-state index contributed by atoms with van der Waals surface area (Å²) in [6.07, 6.45) is -2.95. The van der Waals surface area contributed by atoms with Gasteiger partial charge >= 0.3 is 11.3 Å². The van der Waals surface area contributed by atoms with Gasteiger partial charge < -0.3 is 5.32 Å². The molecule has 0 fully saturated rings. The molecular formula is C6H8ClF4NO. The van der Waals surface area contributed by atoms with Gasteiger partial charge in [-0.1, -0.05) is 0 Å². The van der Waals surface area contributed by atoms with Crippen LogP contribution in [0.3, 0.4) is 0 Å². The van der Waals surface area contributed by atoms with Crippen molar-refractivity contribution in [3.8, 4) is 0 Å². The topological polar surface area (TPSA) is 29.1 Å². The number of nitrogens with one attached hydrogen (secondary N) is 1. The average Bonchev–Trinajstić information content (AvgIpc) is 1.83. The van der Waals surface area contributed by atoms with E-state index in [2.05, 4.69) is 11.6 Å². The lowest BCUT2D eigenvalue weighted by molar-refractivity contribution is -0.139. The second-order valence-corrected chi connectivity index (χ2v) is 3.45. The fourth-order valence-corrected chi connectivity index (χ4v) is 0.465. The number of alkyl halides is 5. The van der Waals surface area contributed by atoms with Gasteiger partial charge in [0.1, 0.15) is 0 Å². The minimum absolute atomic E-state index is 0.915. The van der Waals surface area contributed by atoms with Gasteiger partial charge in [0, 0.05) is 0 Å². The summed E-state index contributed by atoms with van der Waals surface area (Å²) in [5.74, 6) is -1.93. The van der Waals surface area contributed by atoms with Crippen molar-refractivity contribution in [2.24, 2.45) is 0 Å². The minimum Gasteiger partial charge on any atom is -0.339 e. The molecule has 0 aromatic carbocycles. The Kier molecular flexibility index (Phi) is 3.54. The summed E-state index contributed by atoms with van der Waals surface area (Å²) < 4.78 is 48.2. The number of hydrogen-bond acceptors (Lipinski definition) is 1. The molecule has 7 heteroatoms. The molecular weight excluding hydrogens is 214 g/mol. The predicted molar refractivity (Wildman–Crippen MR) is 39.0 cm³/mol. The third kappa shape index (κ3) is 3.80. The third-order valence-corrected chi connectivity index (χ3v) is 1.41. The van der Waals surface area contributed by atoms with Crippen LogP contribution in [-0.2, 0) is 4.79 Å². The van der Waals surface area contributed by atoms with Crippen molar-refractivity contribution in [3.63, 3.8) is 0 Å². The van der Waals surface area contributed by atoms with Crippen LogP contribution < -0.4 is 5.32 Å². The zero-order valence-electron chi connectivity index (χ0n) is 6.88. The highest BCUT2D eigenvalue weighted by molar-refractivity contribution is 6.32. The molecule has 13 heavy (non-hydrogen) atoms. The summed E-state index contributed by atoms with van der Waals surface area (Å²) in [6.45, 7) is 1.83. The Morgan fingerprint density at radius 3 is 2.00 bits per heavy atom. The molecule has 1 N–H and O–H groups in total. The van der Waals surface area contributed by atoms with Crippen LogP contribution in [0, 0.1) is 0 Å². The first-order valence-corrected chi connectivity index (χ1v) is 3.62. The van der Waals surface area contributed by atoms with E-state index in [1.165, 1.54) is 5.32 Å². The first-order chi connectivity index (χ1) is 5.57. The zero-order valence-corrected chi connectivity index (χ0v) is 7.63. The van der Waals surface area contributed by atoms with Crippen LogP contribution in [0.2, 0.25) is 0 Å². The largest absolute Gasteiger partial charge is 0.399 e. The van der Waals surface area contributed by atoms with E-state index in [0.29, 0.717) is 0 Å². The van der Waals surface area contributed by atoms with Gasteiger partial charge in [-0.15, -0.1) is 0 Å². The Labute approximate surface area is 77.2 Å². The Morgan fingerprint density at radius 1 is 1.38 bits per heavy atom. The van der Waals surface area contributed by atoms with Gasteiger partial charge in [0.2, 0.25) is 0 Å². The Bertz CT molecular complexity index is 201. The van der Waals surface area contributed by atoms with Crippen molar-refractivity contribution in [3.05, 3.63) is 0 Å². The van der Waals surface area contributed by atoms with Crippen LogP contribution in [0.4, 0.5) is 17.6 Å². The molecule has 78 valence electrons. The molecule has 2 nitrogen and oxygen atoms in total. The van der Waals surface area contributed by atoms with E-state index < -0.39 is 23.3 Å². The van der Waals surface area contributed by atoms with E-state index in [1.54, 1.807) is 0 Å². The summed E-state index contributed by atoms with van der Waals surface area (Å²) in [5.41, 5.74) is -2.02. The number of halogens is 5. The lowest BCUT2D eigenvalue weighted by Crippen LogP contribution is -2.52. The van der Waals surface area contributed by atoms with Crippen LogP contribution in [0.25, 0.3) is 0 Å². The number of amides is 1. The molecule has 0 bridgehead atoms. The van der Waals surface area contributed by atoms with E-state index in [4.69, 9.17) is 0 Å². The molecule has 1 amide bonds. The second-order valence-electron chi connectivity index (χ2n) is 2.97. The molecule has 0 saturated heterocycles. The quantitative estimate of drug-likeness (QED) is 0.573. The highest BCUT2D eigenvalue weighted by Gasteiger charge is 2.41. The first kappa shape index (κ1) is 12.5. The second kappa shape index (κ2) is 3.69. The van der Waals surface area contributed by atoms with Crippen LogP contribution in [-0.4, -0.2) is 23.3 Å². The van der Waals surface area contributed by atoms with Crippen molar-refractivity contribution in [2.75, 3.05) is 0 Å². The Morgan fingerprint density at radius 2 is 1.77 bits per heavy atom. The van der Waals surface area contributed by atoms with E-state index in [-0.39, 0.29) is 0 Å². The van der Waals surface area contributed by atoms with Crippen molar-refractivity contribution < 1.29 is 22.4 Å². The molecule has 0 saturated carbocycles. The SMILES string of the molecule is CC(C)(NC(=O)C(F)(F)Cl)C(F)F. The molecule has 0 unspecified atom stereocenters. The van der Waals surface area contributed by atoms with Gasteiger partial charge in [0.25, 0.3) is 6.43 Å². The normalized spacial score (nSPS) is 13.2. The molecule has 0 heterocycles. The molecule has 0 aliphatic carbocycles. The molecule has 0 spiro atoms. The summed E-state index contributed by atoms with van der Waals surface area (Å²) in [4.78, 5) is 10.5. The van der Waals surface area contributed by atoms with E-state index >= 15 is 0 Å². The van der Waals surface area contributed by atoms with Crippen molar-refractivity contribution in [1.29, 1.82) is 0 Å². The Balaban J connectivity index is 4.38. The van der Waals surface area contributed by atoms with Gasteiger partial charge in [0.15, 0.2) is 0 Å². The molecule has 0 aromatic rings. The van der Waals surface area contributed by atoms with Crippen molar-refractivity contribution in [1.82, 2.24) is 5.32 Å². The van der Waals surface area contributed by atoms with E-state index in [1.807, 2.05) is 0 Å². The summed E-state index contributed by atoms with van der Waals surface area (Å²) >= 11 is 4.30. The Hall–Kier alpha value is -0.520. The monoisotopic (exact) mass is 221 g/mol. The van der Waals surface area contributed by atoms with Crippen LogP contribution >= 0.6 is 11.6 Å². The first-order valence-electron chi connectivity index (χ1n) is 3.25. The third-order valence-electron chi connectivity index (χ3n) is 1.24. The summed E-state index contributed by atoms with van der Waals surface area (Å²) in [6, 6.07) is 0. The van der Waals surface area contributed by atoms with Gasteiger partial charge in [-0.2, -0.15) is 8.78 Å². The lowest BCUT2D eigenvalue weighted by Gasteiger charge is -2.25. The van der Waals surface area contributed by atoms with Gasteiger partial charge in [-0.05, 0) is 25.4 Å². The molecule has 0 rings (SSSR count). The van der Waals surface area contributed by atoms with Crippen LogP contribution in [0.1, 0.15) is 13.8 Å². The minimum atomic E-state index is -4.16. The van der Waals surface area contributed by atoms with Gasteiger partial charge in [-0.25, -0.2) is 8.78 Å². The maximum absolute atomic E-state index is 12.1. The number of carbonyl (C=O) groups excluding carboxylic acids is 1. The van der Waals surface area contributed by atoms with Crippen LogP contribution in [0.5, 0.6) is 0 Å². The highest BCUT2D eigenvalue weighted by atomic mass is 35.5. The number of carbonyl (C=O) groups is 1. The maximum atomic E-state index is 12.1. The smallest absolute Gasteiger partial charge is 0.339 e. The predicted octanol–water partition coefficient (Wildman–Crippen LogP) is 1.98. The lowest BCUT2D eigenvalue weighted by atomic mass is 10.1. The van der Waals surface area contributed by atoms with E-state index in [9.17, 15) is 22.4 Å².